The molecule has 1 amide bonds. The van der Waals surface area contributed by atoms with E-state index in [9.17, 15) is 4.79 Å². The molecule has 152 valence electrons. The summed E-state index contributed by atoms with van der Waals surface area (Å²) in [5.74, 6) is 1.00. The molecule has 29 heavy (non-hydrogen) atoms. The van der Waals surface area contributed by atoms with Gasteiger partial charge in [-0.15, -0.1) is 0 Å². The Morgan fingerprint density at radius 1 is 1.24 bits per heavy atom. The number of aromatic nitrogens is 2. The lowest BCUT2D eigenvalue weighted by Gasteiger charge is -2.33. The number of hydrogen-bond acceptors (Lipinski definition) is 4. The number of carbonyl (C=O) groups is 1. The molecular weight excluding hydrogens is 366 g/mol. The quantitative estimate of drug-likeness (QED) is 0.717. The van der Waals surface area contributed by atoms with Crippen LogP contribution in [0.5, 0.6) is 5.75 Å². The molecule has 2 aromatic carbocycles. The number of nitrogens with zero attached hydrogens (tertiary/aromatic N) is 2. The topological polar surface area (TPSA) is 67.5 Å². The molecule has 0 bridgehead atoms. The molecule has 1 saturated heterocycles. The van der Waals surface area contributed by atoms with Crippen LogP contribution in [0.2, 0.25) is 0 Å². The van der Waals surface area contributed by atoms with E-state index in [1.165, 1.54) is 0 Å². The number of hydrogen-bond donors (Lipinski definition) is 1. The number of benzene rings is 2. The van der Waals surface area contributed by atoms with Gasteiger partial charge in [0, 0.05) is 25.1 Å². The van der Waals surface area contributed by atoms with Gasteiger partial charge in [0.05, 0.1) is 26.0 Å². The minimum atomic E-state index is -0.103. The van der Waals surface area contributed by atoms with E-state index in [1.54, 1.807) is 7.11 Å². The van der Waals surface area contributed by atoms with Crippen LogP contribution >= 0.6 is 0 Å². The molecule has 0 spiro atoms. The van der Waals surface area contributed by atoms with Crippen LogP contribution in [-0.4, -0.2) is 47.8 Å². The Hall–Kier alpha value is -2.86. The van der Waals surface area contributed by atoms with Crippen molar-refractivity contribution in [3.05, 3.63) is 58.9 Å². The summed E-state index contributed by atoms with van der Waals surface area (Å²) in [4.78, 5) is 14.7. The zero-order valence-corrected chi connectivity index (χ0v) is 17.2. The third kappa shape index (κ3) is 4.12. The Kier molecular flexibility index (Phi) is 5.53. The Labute approximate surface area is 170 Å². The molecule has 1 aromatic heterocycles. The number of aromatic amines is 1. The van der Waals surface area contributed by atoms with Gasteiger partial charge < -0.3 is 14.4 Å². The highest BCUT2D eigenvalue weighted by Crippen LogP contribution is 2.28. The lowest BCUT2D eigenvalue weighted by Crippen LogP contribution is -2.42. The van der Waals surface area contributed by atoms with Crippen molar-refractivity contribution in [3.63, 3.8) is 0 Å². The van der Waals surface area contributed by atoms with Crippen molar-refractivity contribution in [1.29, 1.82) is 0 Å². The fourth-order valence-corrected chi connectivity index (χ4v) is 3.81. The van der Waals surface area contributed by atoms with Crippen LogP contribution in [-0.2, 0) is 16.0 Å². The predicted molar refractivity (Wildman–Crippen MR) is 112 cm³/mol. The fourth-order valence-electron chi connectivity index (χ4n) is 3.81. The van der Waals surface area contributed by atoms with E-state index < -0.39 is 0 Å². The monoisotopic (exact) mass is 393 g/mol. The molecule has 0 saturated carbocycles. The lowest BCUT2D eigenvalue weighted by atomic mass is 10.0. The number of H-pyrrole nitrogens is 1. The number of amides is 1. The number of ether oxygens (including phenoxy) is 2. The van der Waals surface area contributed by atoms with Crippen LogP contribution < -0.4 is 4.74 Å². The smallest absolute Gasteiger partial charge is 0.223 e. The minimum absolute atomic E-state index is 0.103. The maximum absolute atomic E-state index is 12.8. The maximum Gasteiger partial charge on any atom is 0.223 e. The molecule has 0 radical (unpaired) electrons. The second-order valence-electron chi connectivity index (χ2n) is 7.59. The summed E-state index contributed by atoms with van der Waals surface area (Å²) in [6, 6.07) is 12.3. The largest absolute Gasteiger partial charge is 0.497 e. The van der Waals surface area contributed by atoms with E-state index in [2.05, 4.69) is 34.5 Å². The van der Waals surface area contributed by atoms with Crippen molar-refractivity contribution in [3.8, 4) is 5.75 Å². The van der Waals surface area contributed by atoms with Crippen LogP contribution in [0, 0.1) is 13.8 Å². The molecule has 0 aliphatic carbocycles. The number of morpholine rings is 1. The normalized spacial score (nSPS) is 16.9. The first-order chi connectivity index (χ1) is 14.0. The molecule has 3 aromatic rings. The number of carbonyl (C=O) groups excluding carboxylic acids is 1. The van der Waals surface area contributed by atoms with Gasteiger partial charge in [0.15, 0.2) is 0 Å². The van der Waals surface area contributed by atoms with E-state index in [1.807, 2.05) is 30.9 Å². The number of rotatable bonds is 5. The molecule has 1 aliphatic heterocycles. The highest BCUT2D eigenvalue weighted by atomic mass is 16.5. The molecule has 1 aliphatic rings. The highest BCUT2D eigenvalue weighted by Gasteiger charge is 2.25. The molecule has 6 nitrogen and oxygen atoms in total. The molecule has 1 atom stereocenters. The molecule has 1 unspecified atom stereocenters. The van der Waals surface area contributed by atoms with Gasteiger partial charge >= 0.3 is 0 Å². The Balaban J connectivity index is 1.43. The third-order valence-corrected chi connectivity index (χ3v) is 5.79. The van der Waals surface area contributed by atoms with Crippen molar-refractivity contribution < 1.29 is 14.3 Å². The van der Waals surface area contributed by atoms with Crippen molar-refractivity contribution in [2.45, 2.75) is 32.8 Å². The zero-order chi connectivity index (χ0) is 20.4. The third-order valence-electron chi connectivity index (χ3n) is 5.79. The summed E-state index contributed by atoms with van der Waals surface area (Å²) in [6.45, 7) is 5.81. The van der Waals surface area contributed by atoms with E-state index in [-0.39, 0.29) is 12.0 Å². The Morgan fingerprint density at radius 2 is 2.03 bits per heavy atom. The summed E-state index contributed by atoms with van der Waals surface area (Å²) in [6.07, 6.45) is 1.03. The maximum atomic E-state index is 12.8. The van der Waals surface area contributed by atoms with Crippen LogP contribution in [0.1, 0.15) is 35.0 Å². The van der Waals surface area contributed by atoms with Crippen LogP contribution in [0.15, 0.2) is 36.4 Å². The number of methoxy groups -OCH3 is 1. The summed E-state index contributed by atoms with van der Waals surface area (Å²) in [5.41, 5.74) is 4.28. The number of fused-ring (bicyclic) bond motifs is 1. The predicted octanol–water partition coefficient (Wildman–Crippen LogP) is 3.72. The van der Waals surface area contributed by atoms with E-state index in [4.69, 9.17) is 9.47 Å². The zero-order valence-electron chi connectivity index (χ0n) is 17.2. The lowest BCUT2D eigenvalue weighted by molar-refractivity contribution is -0.139. The molecule has 4 rings (SSSR count). The highest BCUT2D eigenvalue weighted by molar-refractivity contribution is 5.84. The number of nitrogens with one attached hydrogen (secondary N) is 1. The van der Waals surface area contributed by atoms with Crippen molar-refractivity contribution in [1.82, 2.24) is 15.1 Å². The Bertz CT molecular complexity index is 1030. The fraction of sp³-hybridized carbons (Fsp3) is 0.391. The van der Waals surface area contributed by atoms with E-state index in [0.29, 0.717) is 32.5 Å². The molecular formula is C23H27N3O3. The first kappa shape index (κ1) is 19.5. The van der Waals surface area contributed by atoms with Crippen LogP contribution in [0.3, 0.4) is 0 Å². The second-order valence-corrected chi connectivity index (χ2v) is 7.59. The van der Waals surface area contributed by atoms with Gasteiger partial charge in [-0.3, -0.25) is 9.89 Å². The van der Waals surface area contributed by atoms with Gasteiger partial charge in [-0.1, -0.05) is 18.2 Å². The SMILES string of the molecule is COc1ccc2cc(C3CN(C(=O)CCc4n[nH]c(C)c4C)CCO3)ccc2c1. The molecule has 6 heteroatoms. The van der Waals surface area contributed by atoms with Gasteiger partial charge in [0.25, 0.3) is 0 Å². The van der Waals surface area contributed by atoms with Gasteiger partial charge in [-0.05, 0) is 53.9 Å². The average Bonchev–Trinajstić information content (AvgIpc) is 3.09. The van der Waals surface area contributed by atoms with Crippen LogP contribution in [0.25, 0.3) is 10.8 Å². The van der Waals surface area contributed by atoms with Crippen LogP contribution in [0.4, 0.5) is 0 Å². The average molecular weight is 393 g/mol. The first-order valence-corrected chi connectivity index (χ1v) is 10.0. The number of aryl methyl sites for hydroxylation is 2. The Morgan fingerprint density at radius 3 is 2.79 bits per heavy atom. The molecule has 1 fully saturated rings. The van der Waals surface area contributed by atoms with Crippen molar-refractivity contribution >= 4 is 16.7 Å². The summed E-state index contributed by atoms with van der Waals surface area (Å²) in [5, 5.41) is 9.56. The first-order valence-electron chi connectivity index (χ1n) is 10.0. The van der Waals surface area contributed by atoms with Crippen molar-refractivity contribution in [2.75, 3.05) is 26.8 Å². The van der Waals surface area contributed by atoms with Gasteiger partial charge in [0.1, 0.15) is 11.9 Å². The second kappa shape index (κ2) is 8.25. The molecule has 1 N–H and O–H groups in total. The molecule has 2 heterocycles. The summed E-state index contributed by atoms with van der Waals surface area (Å²) < 4.78 is 11.3. The standard InChI is InChI=1S/C23H27N3O3/c1-15-16(2)24-25-21(15)8-9-23(27)26-10-11-29-22(14-26)19-5-4-18-13-20(28-3)7-6-17(18)12-19/h4-7,12-13,22H,8-11,14H2,1-3H3,(H,24,25). The van der Waals surface area contributed by atoms with Gasteiger partial charge in [-0.25, -0.2) is 0 Å². The van der Waals surface area contributed by atoms with Gasteiger partial charge in [0.2, 0.25) is 5.91 Å². The van der Waals surface area contributed by atoms with Gasteiger partial charge in [-0.2, -0.15) is 5.10 Å². The summed E-state index contributed by atoms with van der Waals surface area (Å²) >= 11 is 0. The minimum Gasteiger partial charge on any atom is -0.497 e. The van der Waals surface area contributed by atoms with E-state index >= 15 is 0 Å². The summed E-state index contributed by atoms with van der Waals surface area (Å²) in [7, 11) is 1.67. The van der Waals surface area contributed by atoms with E-state index in [0.717, 1.165) is 39.0 Å². The van der Waals surface area contributed by atoms with Crippen molar-refractivity contribution in [2.24, 2.45) is 0 Å².